The average Bonchev–Trinajstić information content (AvgIpc) is 3.32. The van der Waals surface area contributed by atoms with Crippen molar-refractivity contribution in [2.24, 2.45) is 0 Å². The number of carboxylic acid groups (broad SMARTS) is 1. The first kappa shape index (κ1) is 33.9. The molecule has 4 rings (SSSR count). The fourth-order valence-electron chi connectivity index (χ4n) is 4.78. The molecule has 10 heteroatoms. The minimum Gasteiger partial charge on any atom is -0.489 e. The molecule has 0 atom stereocenters. The fraction of sp³-hybridized carbons (Fsp3) is 0.361. The molecule has 3 N–H and O–H groups in total. The summed E-state index contributed by atoms with van der Waals surface area (Å²) in [6.45, 7) is 13.3. The molecule has 0 fully saturated rings. The summed E-state index contributed by atoms with van der Waals surface area (Å²) < 4.78 is 23.0. The van der Waals surface area contributed by atoms with Crippen LogP contribution in [-0.2, 0) is 40.4 Å². The monoisotopic (exact) mass is 630 g/mol. The van der Waals surface area contributed by atoms with Gasteiger partial charge in [-0.25, -0.2) is 9.59 Å². The summed E-state index contributed by atoms with van der Waals surface area (Å²) in [7, 11) is 0. The summed E-state index contributed by atoms with van der Waals surface area (Å²) in [5.41, 5.74) is 4.22. The van der Waals surface area contributed by atoms with E-state index in [1.54, 1.807) is 39.0 Å². The number of benzene rings is 3. The summed E-state index contributed by atoms with van der Waals surface area (Å²) in [6.07, 6.45) is -1.26. The molecule has 10 nitrogen and oxygen atoms in total. The van der Waals surface area contributed by atoms with Gasteiger partial charge in [0, 0.05) is 29.6 Å². The Balaban J connectivity index is 1.57. The molecule has 0 radical (unpaired) electrons. The number of ether oxygens (including phenoxy) is 3. The maximum absolute atomic E-state index is 12.2. The summed E-state index contributed by atoms with van der Waals surface area (Å²) in [6, 6.07) is 18.9. The van der Waals surface area contributed by atoms with E-state index < -0.39 is 29.4 Å². The SMILES string of the molecule is Cc1cc2cc(COc3cc(CNC(=O)OC(C)(C)C)ccc3CC(=O)O)cc(-c3cccc(CNC(=O)OC(C)(C)C)c3)c2o1. The zero-order valence-electron chi connectivity index (χ0n) is 27.4. The highest BCUT2D eigenvalue weighted by atomic mass is 16.6. The van der Waals surface area contributed by atoms with Crippen molar-refractivity contribution in [2.45, 2.75) is 85.8 Å². The van der Waals surface area contributed by atoms with Gasteiger partial charge >= 0.3 is 18.2 Å². The molecule has 0 aliphatic rings. The number of amides is 2. The second-order valence-electron chi connectivity index (χ2n) is 13.1. The second-order valence-corrected chi connectivity index (χ2v) is 13.1. The number of carbonyl (C=O) groups is 3. The van der Waals surface area contributed by atoms with E-state index in [0.29, 0.717) is 11.3 Å². The van der Waals surface area contributed by atoms with Crippen LogP contribution >= 0.6 is 0 Å². The Kier molecular flexibility index (Phi) is 10.3. The molecule has 1 aromatic heterocycles. The summed E-state index contributed by atoms with van der Waals surface area (Å²) in [5.74, 6) is 0.181. The van der Waals surface area contributed by atoms with Crippen LogP contribution in [0, 0.1) is 6.92 Å². The summed E-state index contributed by atoms with van der Waals surface area (Å²) >= 11 is 0. The van der Waals surface area contributed by atoms with Crippen LogP contribution in [0.4, 0.5) is 9.59 Å². The number of alkyl carbamates (subject to hydrolysis) is 2. The number of fused-ring (bicyclic) bond motifs is 1. The van der Waals surface area contributed by atoms with E-state index in [9.17, 15) is 19.5 Å². The van der Waals surface area contributed by atoms with Gasteiger partial charge < -0.3 is 34.4 Å². The van der Waals surface area contributed by atoms with Crippen molar-refractivity contribution in [2.75, 3.05) is 0 Å². The van der Waals surface area contributed by atoms with Crippen molar-refractivity contribution in [1.29, 1.82) is 0 Å². The zero-order valence-corrected chi connectivity index (χ0v) is 27.4. The Hall–Kier alpha value is -4.99. The quantitative estimate of drug-likeness (QED) is 0.162. The number of hydrogen-bond acceptors (Lipinski definition) is 7. The van der Waals surface area contributed by atoms with Gasteiger partial charge in [-0.05, 0) is 101 Å². The highest BCUT2D eigenvalue weighted by molar-refractivity contribution is 5.93. The van der Waals surface area contributed by atoms with Crippen LogP contribution in [0.2, 0.25) is 0 Å². The van der Waals surface area contributed by atoms with Gasteiger partial charge in [0.2, 0.25) is 0 Å². The normalized spacial score (nSPS) is 11.6. The molecule has 1 heterocycles. The molecule has 0 aliphatic carbocycles. The van der Waals surface area contributed by atoms with E-state index in [4.69, 9.17) is 18.6 Å². The molecule has 46 heavy (non-hydrogen) atoms. The third-order valence-electron chi connectivity index (χ3n) is 6.58. The molecule has 0 saturated carbocycles. The standard InChI is InChI=1S/C36H42N2O8/c1-22-13-28-15-25(16-29(32(28)44-22)26-10-8-9-23(14-26)19-37-33(41)45-35(2,3)4)21-43-30-17-24(11-12-27(30)18-31(39)40)20-38-34(42)46-36(5,6)7/h8-17H,18-21H2,1-7H3,(H,37,41)(H,38,42)(H,39,40). The first-order chi connectivity index (χ1) is 21.5. The van der Waals surface area contributed by atoms with Crippen molar-refractivity contribution in [3.63, 3.8) is 0 Å². The predicted molar refractivity (Wildman–Crippen MR) is 175 cm³/mol. The number of hydrogen-bond donors (Lipinski definition) is 3. The van der Waals surface area contributed by atoms with Gasteiger partial charge in [0.25, 0.3) is 0 Å². The van der Waals surface area contributed by atoms with Crippen LogP contribution in [0.15, 0.2) is 65.1 Å². The van der Waals surface area contributed by atoms with Crippen LogP contribution in [0.1, 0.15) is 69.6 Å². The van der Waals surface area contributed by atoms with E-state index in [1.165, 1.54) is 0 Å². The molecular formula is C36H42N2O8. The molecule has 0 saturated heterocycles. The number of carbonyl (C=O) groups excluding carboxylic acids is 2. The van der Waals surface area contributed by atoms with Crippen molar-refractivity contribution in [3.8, 4) is 16.9 Å². The van der Waals surface area contributed by atoms with Crippen LogP contribution < -0.4 is 15.4 Å². The van der Waals surface area contributed by atoms with E-state index in [-0.39, 0.29) is 26.1 Å². The van der Waals surface area contributed by atoms with E-state index >= 15 is 0 Å². The van der Waals surface area contributed by atoms with Gasteiger partial charge in [0.05, 0.1) is 6.42 Å². The fourth-order valence-corrected chi connectivity index (χ4v) is 4.78. The minimum atomic E-state index is -0.983. The Morgan fingerprint density at radius 3 is 2.02 bits per heavy atom. The first-order valence-corrected chi connectivity index (χ1v) is 15.1. The van der Waals surface area contributed by atoms with Crippen molar-refractivity contribution >= 4 is 29.1 Å². The summed E-state index contributed by atoms with van der Waals surface area (Å²) in [4.78, 5) is 35.9. The lowest BCUT2D eigenvalue weighted by Gasteiger charge is -2.20. The number of furan rings is 1. The van der Waals surface area contributed by atoms with E-state index in [2.05, 4.69) is 10.6 Å². The Morgan fingerprint density at radius 1 is 0.783 bits per heavy atom. The topological polar surface area (TPSA) is 136 Å². The smallest absolute Gasteiger partial charge is 0.407 e. The highest BCUT2D eigenvalue weighted by Crippen LogP contribution is 2.34. The van der Waals surface area contributed by atoms with Crippen molar-refractivity contribution < 1.29 is 38.1 Å². The maximum Gasteiger partial charge on any atom is 0.407 e. The van der Waals surface area contributed by atoms with Crippen LogP contribution in [0.25, 0.3) is 22.1 Å². The lowest BCUT2D eigenvalue weighted by molar-refractivity contribution is -0.136. The van der Waals surface area contributed by atoms with E-state index in [0.717, 1.165) is 44.5 Å². The van der Waals surface area contributed by atoms with Crippen LogP contribution in [-0.4, -0.2) is 34.5 Å². The largest absolute Gasteiger partial charge is 0.489 e. The number of nitrogens with one attached hydrogen (secondary N) is 2. The maximum atomic E-state index is 12.2. The molecule has 244 valence electrons. The molecule has 0 unspecified atom stereocenters. The molecule has 2 amide bonds. The first-order valence-electron chi connectivity index (χ1n) is 15.1. The molecule has 0 spiro atoms. The Bertz CT molecular complexity index is 1730. The number of carboxylic acids is 1. The highest BCUT2D eigenvalue weighted by Gasteiger charge is 2.18. The zero-order chi connectivity index (χ0) is 33.6. The minimum absolute atomic E-state index is 0.155. The molecule has 4 aromatic rings. The molecule has 0 aliphatic heterocycles. The Morgan fingerprint density at radius 2 is 1.41 bits per heavy atom. The number of rotatable bonds is 10. The van der Waals surface area contributed by atoms with Crippen molar-refractivity contribution in [1.82, 2.24) is 10.6 Å². The van der Waals surface area contributed by atoms with Gasteiger partial charge in [-0.15, -0.1) is 0 Å². The molecule has 0 bridgehead atoms. The third-order valence-corrected chi connectivity index (χ3v) is 6.58. The predicted octanol–water partition coefficient (Wildman–Crippen LogP) is 7.66. The lowest BCUT2D eigenvalue weighted by Crippen LogP contribution is -2.32. The lowest BCUT2D eigenvalue weighted by atomic mass is 9.99. The van der Waals surface area contributed by atoms with Gasteiger partial charge in [0.1, 0.15) is 34.9 Å². The summed E-state index contributed by atoms with van der Waals surface area (Å²) in [5, 5.41) is 15.9. The molecule has 3 aromatic carbocycles. The van der Waals surface area contributed by atoms with Crippen LogP contribution in [0.5, 0.6) is 5.75 Å². The number of aryl methyl sites for hydroxylation is 1. The third kappa shape index (κ3) is 10.0. The van der Waals surface area contributed by atoms with E-state index in [1.807, 2.05) is 70.2 Å². The van der Waals surface area contributed by atoms with Gasteiger partial charge in [-0.1, -0.05) is 30.3 Å². The van der Waals surface area contributed by atoms with Crippen LogP contribution in [0.3, 0.4) is 0 Å². The number of aliphatic carboxylic acids is 1. The average molecular weight is 631 g/mol. The van der Waals surface area contributed by atoms with Gasteiger partial charge in [-0.3, -0.25) is 4.79 Å². The molecular weight excluding hydrogens is 588 g/mol. The van der Waals surface area contributed by atoms with Gasteiger partial charge in [0.15, 0.2) is 0 Å². The van der Waals surface area contributed by atoms with Gasteiger partial charge in [-0.2, -0.15) is 0 Å². The van der Waals surface area contributed by atoms with Crippen molar-refractivity contribution in [3.05, 3.63) is 88.7 Å². The second kappa shape index (κ2) is 14.0. The Labute approximate surface area is 269 Å².